The standard InChI is InChI=1S/C17H20F3N5OS2/c1-21-25-11(17(18,19)20)4-2-3-7-22-14(26)12-13(10-5-6-10)28-16(24-12)15-23-8-9-27-15/h8-10,21H,2-7H2,1H3,(H,22,26)/b25-11+. The number of alkyl halides is 3. The molecule has 2 aromatic heterocycles. The first-order valence-electron chi connectivity index (χ1n) is 8.89. The molecule has 1 aliphatic rings. The van der Waals surface area contributed by atoms with Crippen molar-refractivity contribution in [3.05, 3.63) is 22.1 Å². The predicted molar refractivity (Wildman–Crippen MR) is 104 cm³/mol. The Labute approximate surface area is 168 Å². The summed E-state index contributed by atoms with van der Waals surface area (Å²) in [5, 5.41) is 9.44. The highest BCUT2D eigenvalue weighted by molar-refractivity contribution is 7.20. The topological polar surface area (TPSA) is 79.3 Å². The van der Waals surface area contributed by atoms with Crippen LogP contribution in [0.5, 0.6) is 0 Å². The SMILES string of the molecule is CN/N=C(\CCCCNC(=O)c1nc(-c2nccs2)sc1C1CC1)C(F)(F)F. The largest absolute Gasteiger partial charge is 0.431 e. The Morgan fingerprint density at radius 3 is 2.71 bits per heavy atom. The number of carbonyl (C=O) groups excluding carboxylic acids is 1. The molecule has 0 aromatic carbocycles. The van der Waals surface area contributed by atoms with Crippen molar-refractivity contribution in [2.24, 2.45) is 5.10 Å². The number of halogens is 3. The summed E-state index contributed by atoms with van der Waals surface area (Å²) in [7, 11) is 1.33. The summed E-state index contributed by atoms with van der Waals surface area (Å²) in [5.74, 6) is 0.0972. The van der Waals surface area contributed by atoms with Crippen LogP contribution in [0.3, 0.4) is 0 Å². The number of nitrogens with one attached hydrogen (secondary N) is 2. The lowest BCUT2D eigenvalue weighted by Crippen LogP contribution is -2.27. The van der Waals surface area contributed by atoms with Crippen molar-refractivity contribution in [1.29, 1.82) is 0 Å². The van der Waals surface area contributed by atoms with E-state index in [0.717, 1.165) is 27.7 Å². The molecule has 2 heterocycles. The highest BCUT2D eigenvalue weighted by Crippen LogP contribution is 2.46. The number of thiazole rings is 2. The normalized spacial score (nSPS) is 14.9. The minimum atomic E-state index is -4.45. The second kappa shape index (κ2) is 8.99. The molecule has 152 valence electrons. The number of hydrazone groups is 1. The second-order valence-electron chi connectivity index (χ2n) is 6.34. The van der Waals surface area contributed by atoms with E-state index in [1.165, 1.54) is 29.7 Å². The number of hydrogen-bond acceptors (Lipinski definition) is 7. The molecule has 1 amide bonds. The van der Waals surface area contributed by atoms with Crippen LogP contribution < -0.4 is 10.7 Å². The van der Waals surface area contributed by atoms with Crippen LogP contribution in [0.1, 0.15) is 53.4 Å². The van der Waals surface area contributed by atoms with Gasteiger partial charge >= 0.3 is 6.18 Å². The number of amides is 1. The number of nitrogens with zero attached hydrogens (tertiary/aromatic N) is 3. The lowest BCUT2D eigenvalue weighted by molar-refractivity contribution is -0.0610. The third-order valence-electron chi connectivity index (χ3n) is 4.13. The van der Waals surface area contributed by atoms with Gasteiger partial charge in [0.15, 0.2) is 10.0 Å². The Morgan fingerprint density at radius 2 is 2.11 bits per heavy atom. The van der Waals surface area contributed by atoms with Crippen molar-refractivity contribution in [3.8, 4) is 10.0 Å². The molecule has 0 atom stereocenters. The molecule has 3 rings (SSSR count). The van der Waals surface area contributed by atoms with Crippen LogP contribution in [0.4, 0.5) is 13.2 Å². The highest BCUT2D eigenvalue weighted by atomic mass is 32.1. The maximum absolute atomic E-state index is 12.8. The van der Waals surface area contributed by atoms with Crippen LogP contribution in [0.25, 0.3) is 10.0 Å². The van der Waals surface area contributed by atoms with Gasteiger partial charge in [-0.3, -0.25) is 4.79 Å². The van der Waals surface area contributed by atoms with Crippen molar-refractivity contribution in [1.82, 2.24) is 20.7 Å². The summed E-state index contributed by atoms with van der Waals surface area (Å²) in [6, 6.07) is 0. The molecule has 11 heteroatoms. The van der Waals surface area contributed by atoms with Gasteiger partial charge in [0.05, 0.1) is 0 Å². The fourth-order valence-corrected chi connectivity index (χ4v) is 4.55. The molecule has 1 fully saturated rings. The van der Waals surface area contributed by atoms with Gasteiger partial charge in [-0.05, 0) is 38.0 Å². The summed E-state index contributed by atoms with van der Waals surface area (Å²) in [5.41, 5.74) is 1.76. The zero-order valence-corrected chi connectivity index (χ0v) is 16.8. The summed E-state index contributed by atoms with van der Waals surface area (Å²) in [4.78, 5) is 22.2. The Kier molecular flexibility index (Phi) is 6.65. The van der Waals surface area contributed by atoms with Gasteiger partial charge in [-0.1, -0.05) is 0 Å². The van der Waals surface area contributed by atoms with Gasteiger partial charge in [0.25, 0.3) is 5.91 Å². The molecule has 0 radical (unpaired) electrons. The van der Waals surface area contributed by atoms with Gasteiger partial charge in [-0.15, -0.1) is 22.7 Å². The third kappa shape index (κ3) is 5.28. The Bertz CT molecular complexity index is 828. The van der Waals surface area contributed by atoms with E-state index in [0.29, 0.717) is 18.0 Å². The van der Waals surface area contributed by atoms with Gasteiger partial charge < -0.3 is 10.7 Å². The van der Waals surface area contributed by atoms with E-state index >= 15 is 0 Å². The van der Waals surface area contributed by atoms with Gasteiger partial charge in [0.2, 0.25) is 0 Å². The Balaban J connectivity index is 1.53. The molecule has 0 unspecified atom stereocenters. The lowest BCUT2D eigenvalue weighted by Gasteiger charge is -2.10. The average Bonchev–Trinajstić information content (AvgIpc) is 3.17. The first-order valence-corrected chi connectivity index (χ1v) is 10.6. The first kappa shape index (κ1) is 20.7. The molecule has 1 saturated carbocycles. The lowest BCUT2D eigenvalue weighted by atomic mass is 10.1. The molecular weight excluding hydrogens is 411 g/mol. The van der Waals surface area contributed by atoms with Crippen molar-refractivity contribution in [2.75, 3.05) is 13.6 Å². The molecule has 2 aromatic rings. The zero-order valence-electron chi connectivity index (χ0n) is 15.2. The van der Waals surface area contributed by atoms with E-state index in [9.17, 15) is 18.0 Å². The van der Waals surface area contributed by atoms with Crippen LogP contribution in [0.2, 0.25) is 0 Å². The maximum Gasteiger partial charge on any atom is 0.431 e. The van der Waals surface area contributed by atoms with E-state index in [4.69, 9.17) is 0 Å². The maximum atomic E-state index is 12.8. The molecule has 0 aliphatic heterocycles. The number of hydrogen-bond donors (Lipinski definition) is 2. The van der Waals surface area contributed by atoms with E-state index in [1.807, 2.05) is 5.38 Å². The number of rotatable bonds is 9. The minimum absolute atomic E-state index is 0.196. The summed E-state index contributed by atoms with van der Waals surface area (Å²) < 4.78 is 38.3. The van der Waals surface area contributed by atoms with Crippen LogP contribution in [0, 0.1) is 0 Å². The first-order chi connectivity index (χ1) is 13.4. The summed E-state index contributed by atoms with van der Waals surface area (Å²) >= 11 is 2.97. The van der Waals surface area contributed by atoms with Crippen molar-refractivity contribution >= 4 is 34.3 Å². The van der Waals surface area contributed by atoms with Crippen molar-refractivity contribution in [3.63, 3.8) is 0 Å². The molecule has 2 N–H and O–H groups in total. The molecule has 0 spiro atoms. The molecular formula is C17H20F3N5OS2. The van der Waals surface area contributed by atoms with E-state index < -0.39 is 11.9 Å². The van der Waals surface area contributed by atoms with Gasteiger partial charge in [0, 0.05) is 30.0 Å². The molecule has 0 bridgehead atoms. The van der Waals surface area contributed by atoms with Gasteiger partial charge in [-0.2, -0.15) is 18.3 Å². The Hall–Kier alpha value is -2.01. The fourth-order valence-electron chi connectivity index (χ4n) is 2.64. The van der Waals surface area contributed by atoms with Crippen molar-refractivity contribution < 1.29 is 18.0 Å². The monoisotopic (exact) mass is 431 g/mol. The zero-order chi connectivity index (χ0) is 20.1. The second-order valence-corrected chi connectivity index (χ2v) is 8.26. The van der Waals surface area contributed by atoms with Gasteiger partial charge in [0.1, 0.15) is 11.4 Å². The Morgan fingerprint density at radius 1 is 1.32 bits per heavy atom. The molecule has 1 aliphatic carbocycles. The van der Waals surface area contributed by atoms with E-state index in [-0.39, 0.29) is 25.3 Å². The average molecular weight is 432 g/mol. The van der Waals surface area contributed by atoms with Crippen LogP contribution in [-0.2, 0) is 0 Å². The van der Waals surface area contributed by atoms with E-state index in [2.05, 4.69) is 25.8 Å². The highest BCUT2D eigenvalue weighted by Gasteiger charge is 2.35. The van der Waals surface area contributed by atoms with Crippen LogP contribution >= 0.6 is 22.7 Å². The number of unbranched alkanes of at least 4 members (excludes halogenated alkanes) is 1. The van der Waals surface area contributed by atoms with Crippen LogP contribution in [-0.4, -0.2) is 41.4 Å². The smallest absolute Gasteiger partial charge is 0.351 e. The number of carbonyl (C=O) groups is 1. The van der Waals surface area contributed by atoms with Crippen LogP contribution in [0.15, 0.2) is 16.7 Å². The third-order valence-corrected chi connectivity index (χ3v) is 6.27. The molecule has 28 heavy (non-hydrogen) atoms. The minimum Gasteiger partial charge on any atom is -0.351 e. The quantitative estimate of drug-likeness (QED) is 0.355. The summed E-state index contributed by atoms with van der Waals surface area (Å²) in [6.07, 6.45) is -0.152. The fraction of sp³-hybridized carbons (Fsp3) is 0.529. The summed E-state index contributed by atoms with van der Waals surface area (Å²) in [6.45, 7) is 0.289. The molecule has 6 nitrogen and oxygen atoms in total. The number of aromatic nitrogens is 2. The predicted octanol–water partition coefficient (Wildman–Crippen LogP) is 4.18. The molecule has 0 saturated heterocycles. The van der Waals surface area contributed by atoms with Crippen molar-refractivity contribution in [2.45, 2.75) is 44.2 Å². The van der Waals surface area contributed by atoms with E-state index in [1.54, 1.807) is 6.20 Å². The van der Waals surface area contributed by atoms with Gasteiger partial charge in [-0.25, -0.2) is 9.97 Å².